The Hall–Kier alpha value is -3.22. The van der Waals surface area contributed by atoms with Crippen LogP contribution in [0.3, 0.4) is 0 Å². The van der Waals surface area contributed by atoms with Crippen LogP contribution in [0.25, 0.3) is 0 Å². The van der Waals surface area contributed by atoms with Crippen LogP contribution in [0, 0.1) is 0 Å². The average Bonchev–Trinajstić information content (AvgIpc) is 2.70. The van der Waals surface area contributed by atoms with Gasteiger partial charge in [0.1, 0.15) is 0 Å². The van der Waals surface area contributed by atoms with Gasteiger partial charge in [-0.05, 0) is 68.5 Å². The zero-order chi connectivity index (χ0) is 19.8. The fourth-order valence-electron chi connectivity index (χ4n) is 3.07. The number of aromatic nitrogens is 2. The summed E-state index contributed by atoms with van der Waals surface area (Å²) < 4.78 is 0. The largest absolute Gasteiger partial charge is 0.350 e. The first-order valence-corrected chi connectivity index (χ1v) is 9.55. The van der Waals surface area contributed by atoms with Crippen molar-refractivity contribution < 1.29 is 9.59 Å². The molecule has 1 aromatic heterocycles. The molecule has 0 radical (unpaired) electrons. The molecule has 2 amide bonds. The van der Waals surface area contributed by atoms with E-state index in [0.717, 1.165) is 30.6 Å². The van der Waals surface area contributed by atoms with E-state index in [2.05, 4.69) is 32.2 Å². The van der Waals surface area contributed by atoms with Crippen LogP contribution in [0.5, 0.6) is 0 Å². The Morgan fingerprint density at radius 2 is 1.79 bits per heavy atom. The van der Waals surface area contributed by atoms with Crippen molar-refractivity contribution in [2.75, 3.05) is 17.2 Å². The van der Waals surface area contributed by atoms with E-state index in [9.17, 15) is 9.59 Å². The minimum atomic E-state index is -0.213. The molecule has 7 heteroatoms. The van der Waals surface area contributed by atoms with Gasteiger partial charge in [0.05, 0.1) is 0 Å². The van der Waals surface area contributed by atoms with Gasteiger partial charge in [0.15, 0.2) is 11.5 Å². The second-order valence-electron chi connectivity index (χ2n) is 6.80. The first-order valence-electron chi connectivity index (χ1n) is 9.55. The molecule has 0 bridgehead atoms. The fourth-order valence-corrected chi connectivity index (χ4v) is 3.07. The zero-order valence-electron chi connectivity index (χ0n) is 16.0. The molecule has 28 heavy (non-hydrogen) atoms. The maximum Gasteiger partial charge on any atom is 0.271 e. The smallest absolute Gasteiger partial charge is 0.271 e. The van der Waals surface area contributed by atoms with Crippen LogP contribution in [0.4, 0.5) is 17.2 Å². The first-order chi connectivity index (χ1) is 13.6. The summed E-state index contributed by atoms with van der Waals surface area (Å²) in [7, 11) is 0. The minimum absolute atomic E-state index is 0.115. The van der Waals surface area contributed by atoms with Gasteiger partial charge in [-0.25, -0.2) is 0 Å². The molecule has 0 unspecified atom stereocenters. The van der Waals surface area contributed by atoms with E-state index in [1.54, 1.807) is 24.3 Å². The Labute approximate surface area is 164 Å². The highest BCUT2D eigenvalue weighted by Crippen LogP contribution is 2.19. The highest BCUT2D eigenvalue weighted by Gasteiger charge is 2.09. The topological polar surface area (TPSA) is 96.0 Å². The predicted octanol–water partition coefficient (Wildman–Crippen LogP) is 3.80. The molecule has 7 nitrogen and oxygen atoms in total. The Morgan fingerprint density at radius 1 is 1.00 bits per heavy atom. The average molecular weight is 379 g/mol. The Kier molecular flexibility index (Phi) is 6.73. The van der Waals surface area contributed by atoms with Gasteiger partial charge in [-0.3, -0.25) is 9.59 Å². The summed E-state index contributed by atoms with van der Waals surface area (Å²) >= 11 is 0. The van der Waals surface area contributed by atoms with Crippen molar-refractivity contribution in [2.24, 2.45) is 0 Å². The quantitative estimate of drug-likeness (QED) is 0.636. The van der Waals surface area contributed by atoms with Crippen LogP contribution in [0.1, 0.15) is 49.5 Å². The van der Waals surface area contributed by atoms with Gasteiger partial charge in [-0.15, -0.1) is 10.2 Å². The SMILES string of the molecule is CC(=O)Nc1ccc(Nc2ccc(C(=O)NCCC3=CCCCC3)nn2)cc1. The third-order valence-electron chi connectivity index (χ3n) is 4.49. The highest BCUT2D eigenvalue weighted by molar-refractivity contribution is 5.92. The van der Waals surface area contributed by atoms with Crippen LogP contribution in [0.2, 0.25) is 0 Å². The lowest BCUT2D eigenvalue weighted by Gasteiger charge is -2.12. The second-order valence-corrected chi connectivity index (χ2v) is 6.80. The van der Waals surface area contributed by atoms with E-state index in [4.69, 9.17) is 0 Å². The summed E-state index contributed by atoms with van der Waals surface area (Å²) in [6, 6.07) is 10.6. The Bertz CT molecular complexity index is 844. The molecule has 0 spiro atoms. The van der Waals surface area contributed by atoms with Gasteiger partial charge in [-0.2, -0.15) is 0 Å². The van der Waals surface area contributed by atoms with Crippen LogP contribution in [-0.2, 0) is 4.79 Å². The third kappa shape index (κ3) is 5.90. The van der Waals surface area contributed by atoms with Crippen LogP contribution < -0.4 is 16.0 Å². The lowest BCUT2D eigenvalue weighted by atomic mass is 9.97. The summed E-state index contributed by atoms with van der Waals surface area (Å²) in [5.41, 5.74) is 3.26. The number of carbonyl (C=O) groups excluding carboxylic acids is 2. The summed E-state index contributed by atoms with van der Waals surface area (Å²) in [6.45, 7) is 2.08. The van der Waals surface area contributed by atoms with Gasteiger partial charge >= 0.3 is 0 Å². The summed E-state index contributed by atoms with van der Waals surface area (Å²) in [5, 5.41) is 16.8. The molecule has 3 N–H and O–H groups in total. The standard InChI is InChI=1S/C21H25N5O2/c1-15(27)23-17-7-9-18(10-8-17)24-20-12-11-19(25-26-20)21(28)22-14-13-16-5-3-2-4-6-16/h5,7-12H,2-4,6,13-14H2,1H3,(H,22,28)(H,23,27)(H,24,26). The molecule has 2 aromatic rings. The number of allylic oxidation sites excluding steroid dienone is 1. The third-order valence-corrected chi connectivity index (χ3v) is 4.49. The van der Waals surface area contributed by atoms with Gasteiger partial charge in [0.2, 0.25) is 5.91 Å². The van der Waals surface area contributed by atoms with E-state index in [0.29, 0.717) is 18.1 Å². The fraction of sp³-hybridized carbons (Fsp3) is 0.333. The molecule has 1 aliphatic rings. The van der Waals surface area contributed by atoms with E-state index < -0.39 is 0 Å². The molecule has 0 aliphatic heterocycles. The predicted molar refractivity (Wildman–Crippen MR) is 110 cm³/mol. The van der Waals surface area contributed by atoms with Crippen molar-refractivity contribution in [1.82, 2.24) is 15.5 Å². The van der Waals surface area contributed by atoms with Crippen molar-refractivity contribution >= 4 is 29.0 Å². The van der Waals surface area contributed by atoms with Crippen LogP contribution in [-0.4, -0.2) is 28.6 Å². The number of benzene rings is 1. The molecule has 0 saturated heterocycles. The van der Waals surface area contributed by atoms with Crippen LogP contribution in [0.15, 0.2) is 48.0 Å². The van der Waals surface area contributed by atoms with Crippen molar-refractivity contribution in [3.05, 3.63) is 53.7 Å². The first kappa shape index (κ1) is 19.5. The summed E-state index contributed by atoms with van der Waals surface area (Å²) in [4.78, 5) is 23.2. The number of carbonyl (C=O) groups is 2. The van der Waals surface area contributed by atoms with E-state index >= 15 is 0 Å². The molecular weight excluding hydrogens is 354 g/mol. The minimum Gasteiger partial charge on any atom is -0.350 e. The zero-order valence-corrected chi connectivity index (χ0v) is 16.0. The van der Waals surface area contributed by atoms with Gasteiger partial charge in [-0.1, -0.05) is 11.6 Å². The molecule has 0 saturated carbocycles. The maximum atomic E-state index is 12.2. The highest BCUT2D eigenvalue weighted by atomic mass is 16.2. The number of anilines is 3. The Balaban J connectivity index is 1.49. The normalized spacial score (nSPS) is 13.4. The number of amides is 2. The van der Waals surface area contributed by atoms with E-state index in [1.165, 1.54) is 25.3 Å². The molecule has 1 heterocycles. The second kappa shape index (κ2) is 9.64. The molecular formula is C21H25N5O2. The maximum absolute atomic E-state index is 12.2. The van der Waals surface area contributed by atoms with E-state index in [-0.39, 0.29) is 11.8 Å². The molecule has 146 valence electrons. The van der Waals surface area contributed by atoms with Crippen molar-refractivity contribution in [3.8, 4) is 0 Å². The number of nitrogens with one attached hydrogen (secondary N) is 3. The number of rotatable bonds is 7. The van der Waals surface area contributed by atoms with Gasteiger partial charge in [0.25, 0.3) is 5.91 Å². The Morgan fingerprint density at radius 3 is 2.43 bits per heavy atom. The van der Waals surface area contributed by atoms with Crippen molar-refractivity contribution in [3.63, 3.8) is 0 Å². The van der Waals surface area contributed by atoms with E-state index in [1.807, 2.05) is 12.1 Å². The van der Waals surface area contributed by atoms with Crippen LogP contribution >= 0.6 is 0 Å². The van der Waals surface area contributed by atoms with Gasteiger partial charge < -0.3 is 16.0 Å². The molecule has 0 atom stereocenters. The molecule has 1 aromatic carbocycles. The van der Waals surface area contributed by atoms with Crippen molar-refractivity contribution in [1.29, 1.82) is 0 Å². The molecule has 3 rings (SSSR count). The monoisotopic (exact) mass is 379 g/mol. The number of nitrogens with zero attached hydrogens (tertiary/aromatic N) is 2. The van der Waals surface area contributed by atoms with Gasteiger partial charge in [0, 0.05) is 24.8 Å². The molecule has 0 fully saturated rings. The summed E-state index contributed by atoms with van der Waals surface area (Å²) in [6.07, 6.45) is 7.99. The number of hydrogen-bond donors (Lipinski definition) is 3. The summed E-state index contributed by atoms with van der Waals surface area (Å²) in [5.74, 6) is 0.210. The van der Waals surface area contributed by atoms with Crippen molar-refractivity contribution in [2.45, 2.75) is 39.0 Å². The molecule has 1 aliphatic carbocycles. The lowest BCUT2D eigenvalue weighted by Crippen LogP contribution is -2.26. The number of hydrogen-bond acceptors (Lipinski definition) is 5. The lowest BCUT2D eigenvalue weighted by molar-refractivity contribution is -0.114.